The third-order valence-electron chi connectivity index (χ3n) is 4.35. The van der Waals surface area contributed by atoms with E-state index in [1.807, 2.05) is 37.5 Å². The number of nitrogens with one attached hydrogen (secondary N) is 1. The summed E-state index contributed by atoms with van der Waals surface area (Å²) >= 11 is 0. The van der Waals surface area contributed by atoms with Crippen molar-refractivity contribution in [3.8, 4) is 0 Å². The number of hydrogen-bond acceptors (Lipinski definition) is 5. The fourth-order valence-electron chi connectivity index (χ4n) is 3.24. The molecule has 7 nitrogen and oxygen atoms in total. The number of aryl methyl sites for hydroxylation is 1. The van der Waals surface area contributed by atoms with Gasteiger partial charge in [-0.25, -0.2) is 0 Å². The Morgan fingerprint density at radius 1 is 1.18 bits per heavy atom. The van der Waals surface area contributed by atoms with Gasteiger partial charge in [-0.15, -0.1) is 15.3 Å². The van der Waals surface area contributed by atoms with Gasteiger partial charge in [-0.05, 0) is 38.0 Å². The maximum atomic E-state index is 4.60. The van der Waals surface area contributed by atoms with Crippen LogP contribution in [0.1, 0.15) is 37.5 Å². The van der Waals surface area contributed by atoms with Crippen molar-refractivity contribution in [3.05, 3.63) is 36.4 Å². The van der Waals surface area contributed by atoms with E-state index in [0.29, 0.717) is 12.1 Å². The number of rotatable bonds is 3. The second-order valence-electron chi connectivity index (χ2n) is 5.82. The molecule has 0 saturated heterocycles. The zero-order valence-electron chi connectivity index (χ0n) is 12.6. The van der Waals surface area contributed by atoms with E-state index in [9.17, 15) is 0 Å². The summed E-state index contributed by atoms with van der Waals surface area (Å²) in [6.45, 7) is 1.91. The first-order valence-corrected chi connectivity index (χ1v) is 7.76. The summed E-state index contributed by atoms with van der Waals surface area (Å²) in [5, 5.41) is 20.7. The molecular weight excluding hydrogens is 278 g/mol. The largest absolute Gasteiger partial charge is 0.364 e. The van der Waals surface area contributed by atoms with Crippen molar-refractivity contribution in [3.63, 3.8) is 0 Å². The minimum absolute atomic E-state index is 0.343. The van der Waals surface area contributed by atoms with Gasteiger partial charge in [0, 0.05) is 12.4 Å². The van der Waals surface area contributed by atoms with Gasteiger partial charge in [0.15, 0.2) is 11.5 Å². The van der Waals surface area contributed by atoms with E-state index in [4.69, 9.17) is 0 Å². The molecule has 22 heavy (non-hydrogen) atoms. The van der Waals surface area contributed by atoms with Gasteiger partial charge in [0.25, 0.3) is 0 Å². The van der Waals surface area contributed by atoms with Crippen LogP contribution in [0.3, 0.4) is 0 Å². The van der Waals surface area contributed by atoms with Gasteiger partial charge in [0.1, 0.15) is 5.82 Å². The molecule has 0 aliphatic heterocycles. The van der Waals surface area contributed by atoms with Gasteiger partial charge in [0.2, 0.25) is 0 Å². The van der Waals surface area contributed by atoms with Crippen LogP contribution in [-0.4, -0.2) is 35.6 Å². The fraction of sp³-hybridized carbons (Fsp3) is 0.467. The minimum atomic E-state index is 0.343. The number of aromatic nitrogens is 6. The topological polar surface area (TPSA) is 72.9 Å². The summed E-state index contributed by atoms with van der Waals surface area (Å²) in [4.78, 5) is 0. The summed E-state index contributed by atoms with van der Waals surface area (Å²) < 4.78 is 3.84. The van der Waals surface area contributed by atoms with Crippen LogP contribution in [0.25, 0.3) is 5.65 Å². The molecule has 0 aromatic carbocycles. The highest BCUT2D eigenvalue weighted by molar-refractivity contribution is 5.44. The molecule has 0 bridgehead atoms. The van der Waals surface area contributed by atoms with E-state index in [0.717, 1.165) is 30.1 Å². The Morgan fingerprint density at radius 3 is 2.95 bits per heavy atom. The van der Waals surface area contributed by atoms with Crippen LogP contribution in [0, 0.1) is 6.92 Å². The summed E-state index contributed by atoms with van der Waals surface area (Å²) in [6.07, 6.45) is 8.66. The summed E-state index contributed by atoms with van der Waals surface area (Å²) in [6, 6.07) is 6.62. The zero-order chi connectivity index (χ0) is 14.9. The first kappa shape index (κ1) is 13.2. The first-order valence-electron chi connectivity index (χ1n) is 7.76. The highest BCUT2D eigenvalue weighted by Gasteiger charge is 2.27. The van der Waals surface area contributed by atoms with Crippen molar-refractivity contribution < 1.29 is 0 Å². The van der Waals surface area contributed by atoms with Crippen LogP contribution >= 0.6 is 0 Å². The molecule has 2 unspecified atom stereocenters. The van der Waals surface area contributed by atoms with E-state index >= 15 is 0 Å². The molecule has 1 aliphatic carbocycles. The predicted molar refractivity (Wildman–Crippen MR) is 82.7 cm³/mol. The third-order valence-corrected chi connectivity index (χ3v) is 4.35. The molecular formula is C15H19N7. The quantitative estimate of drug-likeness (QED) is 0.802. The predicted octanol–water partition coefficient (Wildman–Crippen LogP) is 2.23. The monoisotopic (exact) mass is 297 g/mol. The molecule has 4 rings (SSSR count). The molecule has 1 saturated carbocycles. The summed E-state index contributed by atoms with van der Waals surface area (Å²) in [7, 11) is 0. The Kier molecular flexibility index (Phi) is 3.25. The smallest absolute Gasteiger partial charge is 0.178 e. The van der Waals surface area contributed by atoms with E-state index in [-0.39, 0.29) is 0 Å². The Labute approximate surface area is 128 Å². The van der Waals surface area contributed by atoms with Crippen LogP contribution in [0.4, 0.5) is 5.82 Å². The molecule has 0 amide bonds. The van der Waals surface area contributed by atoms with Crippen molar-refractivity contribution in [2.75, 3.05) is 5.32 Å². The second kappa shape index (κ2) is 5.40. The average Bonchev–Trinajstić information content (AvgIpc) is 3.19. The van der Waals surface area contributed by atoms with Crippen molar-refractivity contribution in [2.24, 2.45) is 0 Å². The van der Waals surface area contributed by atoms with Gasteiger partial charge >= 0.3 is 0 Å². The van der Waals surface area contributed by atoms with Crippen molar-refractivity contribution in [1.29, 1.82) is 0 Å². The normalized spacial score (nSPS) is 22.0. The Morgan fingerprint density at radius 2 is 2.09 bits per heavy atom. The van der Waals surface area contributed by atoms with Crippen LogP contribution in [0.15, 0.2) is 30.6 Å². The maximum Gasteiger partial charge on any atom is 0.178 e. The number of fused-ring (bicyclic) bond motifs is 1. The lowest BCUT2D eigenvalue weighted by Gasteiger charge is -2.32. The van der Waals surface area contributed by atoms with Gasteiger partial charge in [-0.3, -0.25) is 4.68 Å². The molecule has 2 atom stereocenters. The van der Waals surface area contributed by atoms with Gasteiger partial charge in [0.05, 0.1) is 12.1 Å². The van der Waals surface area contributed by atoms with E-state index in [1.54, 1.807) is 4.52 Å². The molecule has 3 aromatic rings. The maximum absolute atomic E-state index is 4.60. The molecule has 1 N–H and O–H groups in total. The molecule has 0 radical (unpaired) electrons. The SMILES string of the molecule is Cc1nnc2ccc(NC3CCCCC3n3cccn3)nn12. The third kappa shape index (κ3) is 2.32. The van der Waals surface area contributed by atoms with Gasteiger partial charge < -0.3 is 5.32 Å². The van der Waals surface area contributed by atoms with Gasteiger partial charge in [-0.1, -0.05) is 12.8 Å². The average molecular weight is 297 g/mol. The molecule has 3 aromatic heterocycles. The summed E-state index contributed by atoms with van der Waals surface area (Å²) in [5.41, 5.74) is 0.773. The standard InChI is InChI=1S/C15H19N7/c1-11-18-19-15-8-7-14(20-22(11)15)17-12-5-2-3-6-13(12)21-10-4-9-16-21/h4,7-10,12-13H,2-3,5-6H2,1H3,(H,17,20). The molecule has 114 valence electrons. The van der Waals surface area contributed by atoms with Gasteiger partial charge in [-0.2, -0.15) is 9.61 Å². The van der Waals surface area contributed by atoms with Crippen LogP contribution < -0.4 is 5.32 Å². The number of hydrogen-bond donors (Lipinski definition) is 1. The Bertz CT molecular complexity index is 761. The Balaban J connectivity index is 1.60. The van der Waals surface area contributed by atoms with Crippen LogP contribution in [0.2, 0.25) is 0 Å². The zero-order valence-corrected chi connectivity index (χ0v) is 12.6. The first-order chi connectivity index (χ1) is 10.8. The minimum Gasteiger partial charge on any atom is -0.364 e. The van der Waals surface area contributed by atoms with Crippen LogP contribution in [-0.2, 0) is 0 Å². The number of nitrogens with zero attached hydrogens (tertiary/aromatic N) is 6. The second-order valence-corrected chi connectivity index (χ2v) is 5.82. The summed E-state index contributed by atoms with van der Waals surface area (Å²) in [5.74, 6) is 1.66. The highest BCUT2D eigenvalue weighted by atomic mass is 15.4. The Hall–Kier alpha value is -2.44. The lowest BCUT2D eigenvalue weighted by molar-refractivity contribution is 0.300. The lowest BCUT2D eigenvalue weighted by atomic mass is 9.90. The van der Waals surface area contributed by atoms with E-state index < -0.39 is 0 Å². The number of anilines is 1. The van der Waals surface area contributed by atoms with Crippen LogP contribution in [0.5, 0.6) is 0 Å². The highest BCUT2D eigenvalue weighted by Crippen LogP contribution is 2.30. The lowest BCUT2D eigenvalue weighted by Crippen LogP contribution is -2.34. The van der Waals surface area contributed by atoms with E-state index in [1.165, 1.54) is 12.8 Å². The fourth-order valence-corrected chi connectivity index (χ4v) is 3.24. The molecule has 3 heterocycles. The van der Waals surface area contributed by atoms with Crippen molar-refractivity contribution >= 4 is 11.5 Å². The van der Waals surface area contributed by atoms with E-state index in [2.05, 4.69) is 30.4 Å². The molecule has 7 heteroatoms. The molecule has 0 spiro atoms. The van der Waals surface area contributed by atoms with Crippen molar-refractivity contribution in [1.82, 2.24) is 29.6 Å². The molecule has 1 fully saturated rings. The molecule has 1 aliphatic rings. The van der Waals surface area contributed by atoms with Crippen molar-refractivity contribution in [2.45, 2.75) is 44.7 Å².